The van der Waals surface area contributed by atoms with E-state index >= 15 is 0 Å². The quantitative estimate of drug-likeness (QED) is 0.189. The molecule has 0 radical (unpaired) electrons. The highest BCUT2D eigenvalue weighted by molar-refractivity contribution is 6.19. The fourth-order valence-corrected chi connectivity index (χ4v) is 7.19. The molecule has 0 N–H and O–H groups in total. The van der Waals surface area contributed by atoms with Crippen LogP contribution in [0.3, 0.4) is 0 Å². The molecule has 0 amide bonds. The van der Waals surface area contributed by atoms with Crippen molar-refractivity contribution in [1.29, 1.82) is 5.26 Å². The van der Waals surface area contributed by atoms with Crippen LogP contribution in [0.5, 0.6) is 0 Å². The Balaban J connectivity index is 1.22. The first-order valence-corrected chi connectivity index (χ1v) is 16.8. The SMILES string of the molecule is N#Cc1ccc(-c2ccc3c(c2)oc2c4ccccc4c(-c4nc(-c5ccc6ccccc6c5)nc(-c5cccc6ccccc56)n4)cc32)cc1. The number of aromatic nitrogens is 3. The topological polar surface area (TPSA) is 75.6 Å². The molecule has 2 aromatic heterocycles. The second-order valence-electron chi connectivity index (χ2n) is 12.7. The number of hydrogen-bond donors (Lipinski definition) is 0. The van der Waals surface area contributed by atoms with Gasteiger partial charge in [0.15, 0.2) is 17.5 Å². The first-order chi connectivity index (χ1) is 25.2. The van der Waals surface area contributed by atoms with E-state index in [0.717, 1.165) is 82.1 Å². The number of nitrogens with zero attached hydrogens (tertiary/aromatic N) is 4. The number of hydrogen-bond acceptors (Lipinski definition) is 5. The van der Waals surface area contributed by atoms with Crippen molar-refractivity contribution in [2.24, 2.45) is 0 Å². The number of benzene rings is 8. The van der Waals surface area contributed by atoms with Gasteiger partial charge in [-0.15, -0.1) is 0 Å². The minimum Gasteiger partial charge on any atom is -0.455 e. The zero-order valence-electron chi connectivity index (χ0n) is 27.2. The Morgan fingerprint density at radius 3 is 1.88 bits per heavy atom. The lowest BCUT2D eigenvalue weighted by Crippen LogP contribution is -2.01. The number of nitriles is 1. The van der Waals surface area contributed by atoms with Gasteiger partial charge in [0.1, 0.15) is 11.2 Å². The van der Waals surface area contributed by atoms with Crippen LogP contribution in [0.2, 0.25) is 0 Å². The third kappa shape index (κ3) is 4.81. The van der Waals surface area contributed by atoms with Gasteiger partial charge in [-0.25, -0.2) is 15.0 Å². The largest absolute Gasteiger partial charge is 0.455 e. The van der Waals surface area contributed by atoms with E-state index in [9.17, 15) is 5.26 Å². The maximum atomic E-state index is 9.26. The van der Waals surface area contributed by atoms with E-state index in [-0.39, 0.29) is 0 Å². The molecule has 0 spiro atoms. The first-order valence-electron chi connectivity index (χ1n) is 16.8. The van der Waals surface area contributed by atoms with E-state index in [0.29, 0.717) is 23.0 Å². The molecule has 5 heteroatoms. The number of furan rings is 1. The van der Waals surface area contributed by atoms with Crippen LogP contribution in [0.25, 0.3) is 99.5 Å². The zero-order chi connectivity index (χ0) is 33.9. The molecule has 0 saturated carbocycles. The smallest absolute Gasteiger partial charge is 0.164 e. The predicted molar refractivity (Wildman–Crippen MR) is 206 cm³/mol. The summed E-state index contributed by atoms with van der Waals surface area (Å²) in [5, 5.41) is 17.7. The van der Waals surface area contributed by atoms with Crippen molar-refractivity contribution in [3.63, 3.8) is 0 Å². The molecule has 0 bridgehead atoms. The van der Waals surface area contributed by atoms with Crippen molar-refractivity contribution < 1.29 is 4.42 Å². The van der Waals surface area contributed by atoms with Crippen LogP contribution in [0.1, 0.15) is 5.56 Å². The molecule has 0 aliphatic heterocycles. The van der Waals surface area contributed by atoms with Gasteiger partial charge in [-0.2, -0.15) is 5.26 Å². The minimum absolute atomic E-state index is 0.595. The average Bonchev–Trinajstić information content (AvgIpc) is 3.58. The third-order valence-electron chi connectivity index (χ3n) is 9.74. The average molecular weight is 651 g/mol. The van der Waals surface area contributed by atoms with Crippen LogP contribution in [-0.4, -0.2) is 15.0 Å². The summed E-state index contributed by atoms with van der Waals surface area (Å²) >= 11 is 0. The lowest BCUT2D eigenvalue weighted by Gasteiger charge is -2.12. The van der Waals surface area contributed by atoms with Gasteiger partial charge in [0.25, 0.3) is 0 Å². The summed E-state index contributed by atoms with van der Waals surface area (Å²) in [6.45, 7) is 0. The van der Waals surface area contributed by atoms with Crippen LogP contribution in [-0.2, 0) is 0 Å². The summed E-state index contributed by atoms with van der Waals surface area (Å²) in [4.78, 5) is 15.6. The Hall–Kier alpha value is -7.16. The van der Waals surface area contributed by atoms with Crippen LogP contribution in [0, 0.1) is 11.3 Å². The molecule has 5 nitrogen and oxygen atoms in total. The Labute approximate surface area is 292 Å². The van der Waals surface area contributed by atoms with Crippen molar-refractivity contribution >= 4 is 54.3 Å². The van der Waals surface area contributed by atoms with Gasteiger partial charge < -0.3 is 4.42 Å². The minimum atomic E-state index is 0.595. The van der Waals surface area contributed by atoms with Crippen LogP contribution in [0.4, 0.5) is 0 Å². The maximum absolute atomic E-state index is 9.26. The monoisotopic (exact) mass is 650 g/mol. The Morgan fingerprint density at radius 1 is 0.412 bits per heavy atom. The molecule has 10 rings (SSSR count). The van der Waals surface area contributed by atoms with E-state index in [4.69, 9.17) is 19.4 Å². The molecular formula is C46H26N4O. The van der Waals surface area contributed by atoms with Gasteiger partial charge in [-0.3, -0.25) is 0 Å². The molecule has 8 aromatic carbocycles. The van der Waals surface area contributed by atoms with Gasteiger partial charge in [0.2, 0.25) is 0 Å². The summed E-state index contributed by atoms with van der Waals surface area (Å²) in [5.74, 6) is 1.83. The van der Waals surface area contributed by atoms with Gasteiger partial charge >= 0.3 is 0 Å². The molecule has 0 saturated heterocycles. The molecule has 0 atom stereocenters. The lowest BCUT2D eigenvalue weighted by molar-refractivity contribution is 0.673. The van der Waals surface area contributed by atoms with Crippen molar-refractivity contribution in [3.8, 4) is 51.4 Å². The summed E-state index contributed by atoms with van der Waals surface area (Å²) in [7, 11) is 0. The summed E-state index contributed by atoms with van der Waals surface area (Å²) < 4.78 is 6.63. The highest BCUT2D eigenvalue weighted by Gasteiger charge is 2.20. The first kappa shape index (κ1) is 28.8. The van der Waals surface area contributed by atoms with E-state index in [1.165, 1.54) is 0 Å². The molecular weight excluding hydrogens is 625 g/mol. The Kier molecular flexibility index (Phi) is 6.48. The Morgan fingerprint density at radius 2 is 1.06 bits per heavy atom. The molecule has 0 unspecified atom stereocenters. The van der Waals surface area contributed by atoms with Crippen LogP contribution in [0.15, 0.2) is 162 Å². The summed E-state index contributed by atoms with van der Waals surface area (Å²) in [6, 6.07) is 55.8. The molecule has 10 aromatic rings. The fourth-order valence-electron chi connectivity index (χ4n) is 7.19. The van der Waals surface area contributed by atoms with Gasteiger partial charge in [-0.05, 0) is 74.5 Å². The molecule has 0 fully saturated rings. The molecule has 2 heterocycles. The van der Waals surface area contributed by atoms with Crippen LogP contribution < -0.4 is 0 Å². The molecule has 51 heavy (non-hydrogen) atoms. The normalized spacial score (nSPS) is 11.5. The van der Waals surface area contributed by atoms with Crippen molar-refractivity contribution in [3.05, 3.63) is 163 Å². The van der Waals surface area contributed by atoms with E-state index in [1.807, 2.05) is 36.4 Å². The molecule has 0 aliphatic carbocycles. The predicted octanol–water partition coefficient (Wildman–Crippen LogP) is 11.8. The van der Waals surface area contributed by atoms with Gasteiger partial charge in [-0.1, -0.05) is 121 Å². The van der Waals surface area contributed by atoms with Gasteiger partial charge in [0.05, 0.1) is 11.6 Å². The lowest BCUT2D eigenvalue weighted by atomic mass is 9.98. The van der Waals surface area contributed by atoms with Crippen LogP contribution >= 0.6 is 0 Å². The zero-order valence-corrected chi connectivity index (χ0v) is 27.2. The highest BCUT2D eigenvalue weighted by Crippen LogP contribution is 2.41. The van der Waals surface area contributed by atoms with Crippen molar-refractivity contribution in [2.45, 2.75) is 0 Å². The van der Waals surface area contributed by atoms with E-state index < -0.39 is 0 Å². The summed E-state index contributed by atoms with van der Waals surface area (Å²) in [6.07, 6.45) is 0. The highest BCUT2D eigenvalue weighted by atomic mass is 16.3. The fraction of sp³-hybridized carbons (Fsp3) is 0. The number of rotatable bonds is 4. The van der Waals surface area contributed by atoms with Gasteiger partial charge in [0, 0.05) is 32.8 Å². The number of fused-ring (bicyclic) bond motifs is 7. The van der Waals surface area contributed by atoms with E-state index in [1.54, 1.807) is 0 Å². The van der Waals surface area contributed by atoms with Crippen molar-refractivity contribution in [1.82, 2.24) is 15.0 Å². The summed E-state index contributed by atoms with van der Waals surface area (Å²) in [5.41, 5.74) is 7.07. The standard InChI is InChI=1S/C46H26N4O/c47-27-28-16-18-30(19-17-28)33-22-23-37-40-26-41(36-13-5-6-14-38(36)43(40)51-42(37)25-33)46-49-44(34-21-20-29-8-1-2-10-32(29)24-34)48-45(50-46)39-15-7-11-31-9-3-4-12-35(31)39/h1-26H. The molecule has 236 valence electrons. The third-order valence-corrected chi connectivity index (χ3v) is 9.74. The second kappa shape index (κ2) is 11.5. The van der Waals surface area contributed by atoms with Crippen molar-refractivity contribution in [2.75, 3.05) is 0 Å². The van der Waals surface area contributed by atoms with E-state index in [2.05, 4.69) is 127 Å². The second-order valence-corrected chi connectivity index (χ2v) is 12.7. The molecule has 0 aliphatic rings. The maximum Gasteiger partial charge on any atom is 0.164 e. The Bertz CT molecular complexity index is 3040.